The van der Waals surface area contributed by atoms with Gasteiger partial charge in [0.15, 0.2) is 0 Å². The number of aliphatic hydroxyl groups excluding tert-OH is 1. The van der Waals surface area contributed by atoms with Gasteiger partial charge in [-0.1, -0.05) is 63.6 Å². The van der Waals surface area contributed by atoms with Gasteiger partial charge in [-0.25, -0.2) is 0 Å². The van der Waals surface area contributed by atoms with Crippen LogP contribution in [0.25, 0.3) is 0 Å². The zero-order valence-electron chi connectivity index (χ0n) is 15.5. The first-order valence-corrected chi connectivity index (χ1v) is 9.38. The molecule has 1 rings (SSSR count). The maximum atomic E-state index is 10.7. The third kappa shape index (κ3) is 7.20. The molecule has 1 atom stereocenters. The van der Waals surface area contributed by atoms with Crippen molar-refractivity contribution in [2.45, 2.75) is 77.8 Å². The first-order chi connectivity index (χ1) is 11.7. The van der Waals surface area contributed by atoms with E-state index in [1.54, 1.807) is 0 Å². The third-order valence-electron chi connectivity index (χ3n) is 3.93. The molecule has 1 N–H and O–H groups in total. The number of rotatable bonds is 14. The fraction of sp³-hybridized carbons (Fsp3) is 0.700. The predicted molar refractivity (Wildman–Crippen MR) is 97.1 cm³/mol. The molecule has 0 aliphatic carbocycles. The maximum Gasteiger partial charge on any atom is 0.354 e. The molecular formula is C20H34O4. The van der Waals surface area contributed by atoms with E-state index in [1.807, 2.05) is 44.2 Å². The van der Waals surface area contributed by atoms with Crippen LogP contribution in [0.2, 0.25) is 0 Å². The van der Waals surface area contributed by atoms with Crippen molar-refractivity contribution in [1.29, 1.82) is 0 Å². The van der Waals surface area contributed by atoms with Crippen molar-refractivity contribution in [3.05, 3.63) is 30.3 Å². The molecule has 0 spiro atoms. The number of ether oxygens (including phenoxy) is 3. The van der Waals surface area contributed by atoms with Gasteiger partial charge in [-0.3, -0.25) is 0 Å². The molecule has 1 aromatic rings. The normalized spacial score (nSPS) is 13.0. The minimum Gasteiger partial charge on any atom is -0.437 e. The molecule has 4 heteroatoms. The summed E-state index contributed by atoms with van der Waals surface area (Å²) < 4.78 is 17.4. The second-order valence-electron chi connectivity index (χ2n) is 5.96. The van der Waals surface area contributed by atoms with Crippen molar-refractivity contribution >= 4 is 0 Å². The Morgan fingerprint density at radius 2 is 1.46 bits per heavy atom. The number of hydrogen-bond donors (Lipinski definition) is 1. The lowest BCUT2D eigenvalue weighted by atomic mass is 10.1. The molecule has 0 aliphatic heterocycles. The van der Waals surface area contributed by atoms with Crippen LogP contribution in [0.3, 0.4) is 0 Å². The molecule has 0 saturated heterocycles. The average Bonchev–Trinajstić information content (AvgIpc) is 2.59. The molecule has 0 fully saturated rings. The summed E-state index contributed by atoms with van der Waals surface area (Å²) in [6, 6.07) is 9.37. The zero-order valence-corrected chi connectivity index (χ0v) is 15.5. The molecule has 0 saturated carbocycles. The Morgan fingerprint density at radius 3 is 2.04 bits per heavy atom. The standard InChI is InChI=1S/C20H34O4/c1-4-7-8-9-10-14-17-19(21)20(22-5-2,23-6-3)24-18-15-12-11-13-16-18/h11-13,15-16,19,21H,4-10,14,17H2,1-3H3. The smallest absolute Gasteiger partial charge is 0.354 e. The highest BCUT2D eigenvalue weighted by Crippen LogP contribution is 2.27. The predicted octanol–water partition coefficient (Wildman–Crippen LogP) is 4.90. The molecule has 138 valence electrons. The molecule has 0 aliphatic rings. The van der Waals surface area contributed by atoms with E-state index in [9.17, 15) is 5.11 Å². The molecule has 1 unspecified atom stereocenters. The van der Waals surface area contributed by atoms with Crippen LogP contribution in [0.5, 0.6) is 5.75 Å². The molecule has 0 bridgehead atoms. The first-order valence-electron chi connectivity index (χ1n) is 9.38. The van der Waals surface area contributed by atoms with Crippen LogP contribution in [0.15, 0.2) is 30.3 Å². The van der Waals surface area contributed by atoms with Crippen LogP contribution in [-0.2, 0) is 9.47 Å². The van der Waals surface area contributed by atoms with Crippen LogP contribution in [0, 0.1) is 0 Å². The summed E-state index contributed by atoms with van der Waals surface area (Å²) in [7, 11) is 0. The Bertz CT molecular complexity index is 401. The summed E-state index contributed by atoms with van der Waals surface area (Å²) >= 11 is 0. The fourth-order valence-electron chi connectivity index (χ4n) is 2.71. The Kier molecular flexibility index (Phi) is 10.7. The van der Waals surface area contributed by atoms with Crippen molar-refractivity contribution < 1.29 is 19.3 Å². The number of aliphatic hydroxyl groups is 1. The molecule has 4 nitrogen and oxygen atoms in total. The lowest BCUT2D eigenvalue weighted by molar-refractivity contribution is -0.378. The molecular weight excluding hydrogens is 304 g/mol. The van der Waals surface area contributed by atoms with E-state index in [2.05, 4.69) is 6.92 Å². The van der Waals surface area contributed by atoms with E-state index < -0.39 is 12.1 Å². The first kappa shape index (κ1) is 20.9. The van der Waals surface area contributed by atoms with E-state index in [-0.39, 0.29) is 0 Å². The van der Waals surface area contributed by atoms with Gasteiger partial charge >= 0.3 is 5.97 Å². The molecule has 0 aromatic heterocycles. The SMILES string of the molecule is CCCCCCCCC(O)C(OCC)(OCC)Oc1ccccc1. The summed E-state index contributed by atoms with van der Waals surface area (Å²) in [6.45, 7) is 6.77. The number of unbranched alkanes of at least 4 members (excludes halogenated alkanes) is 5. The van der Waals surface area contributed by atoms with Gasteiger partial charge in [-0.05, 0) is 32.4 Å². The van der Waals surface area contributed by atoms with Gasteiger partial charge in [0.25, 0.3) is 0 Å². The van der Waals surface area contributed by atoms with Crippen molar-refractivity contribution in [3.8, 4) is 5.75 Å². The maximum absolute atomic E-state index is 10.7. The van der Waals surface area contributed by atoms with E-state index in [4.69, 9.17) is 14.2 Å². The fourth-order valence-corrected chi connectivity index (χ4v) is 2.71. The van der Waals surface area contributed by atoms with Crippen LogP contribution in [0.4, 0.5) is 0 Å². The molecule has 0 radical (unpaired) electrons. The Hall–Kier alpha value is -1.10. The van der Waals surface area contributed by atoms with Gasteiger partial charge in [0, 0.05) is 0 Å². The van der Waals surface area contributed by atoms with Crippen molar-refractivity contribution in [1.82, 2.24) is 0 Å². The van der Waals surface area contributed by atoms with Crippen molar-refractivity contribution in [2.75, 3.05) is 13.2 Å². The van der Waals surface area contributed by atoms with Crippen molar-refractivity contribution in [3.63, 3.8) is 0 Å². The topological polar surface area (TPSA) is 47.9 Å². The van der Waals surface area contributed by atoms with Gasteiger partial charge in [0.2, 0.25) is 0 Å². The Labute approximate surface area is 147 Å². The quantitative estimate of drug-likeness (QED) is 0.387. The largest absolute Gasteiger partial charge is 0.437 e. The summed E-state index contributed by atoms with van der Waals surface area (Å²) in [4.78, 5) is 0. The van der Waals surface area contributed by atoms with Crippen LogP contribution < -0.4 is 4.74 Å². The van der Waals surface area contributed by atoms with Gasteiger partial charge in [0.05, 0.1) is 13.2 Å². The second-order valence-corrected chi connectivity index (χ2v) is 5.96. The summed E-state index contributed by atoms with van der Waals surface area (Å²) in [5.41, 5.74) is 0. The van der Waals surface area contributed by atoms with Gasteiger partial charge in [0.1, 0.15) is 11.9 Å². The highest BCUT2D eigenvalue weighted by Gasteiger charge is 2.42. The number of para-hydroxylation sites is 1. The highest BCUT2D eigenvalue weighted by atomic mass is 16.9. The van der Waals surface area contributed by atoms with Gasteiger partial charge in [-0.15, -0.1) is 0 Å². The second kappa shape index (κ2) is 12.3. The number of benzene rings is 1. The summed E-state index contributed by atoms with van der Waals surface area (Å²) in [6.07, 6.45) is 6.79. The monoisotopic (exact) mass is 338 g/mol. The lowest BCUT2D eigenvalue weighted by Crippen LogP contribution is -2.52. The Balaban J connectivity index is 2.65. The minimum atomic E-state index is -1.44. The molecule has 0 amide bonds. The lowest BCUT2D eigenvalue weighted by Gasteiger charge is -2.36. The average molecular weight is 338 g/mol. The summed E-state index contributed by atoms with van der Waals surface area (Å²) in [5, 5.41) is 10.7. The summed E-state index contributed by atoms with van der Waals surface area (Å²) in [5.74, 6) is -0.810. The molecule has 1 aromatic carbocycles. The van der Waals surface area contributed by atoms with Crippen LogP contribution in [-0.4, -0.2) is 30.4 Å². The third-order valence-corrected chi connectivity index (χ3v) is 3.93. The van der Waals surface area contributed by atoms with Gasteiger partial charge in [-0.2, -0.15) is 0 Å². The van der Waals surface area contributed by atoms with Crippen LogP contribution >= 0.6 is 0 Å². The Morgan fingerprint density at radius 1 is 0.875 bits per heavy atom. The van der Waals surface area contributed by atoms with E-state index in [0.717, 1.165) is 12.8 Å². The molecule has 24 heavy (non-hydrogen) atoms. The molecule has 0 heterocycles. The zero-order chi connectivity index (χ0) is 17.7. The van der Waals surface area contributed by atoms with Crippen LogP contribution in [0.1, 0.15) is 65.7 Å². The minimum absolute atomic E-state index is 0.403. The number of hydrogen-bond acceptors (Lipinski definition) is 4. The highest BCUT2D eigenvalue weighted by molar-refractivity contribution is 5.21. The van der Waals surface area contributed by atoms with E-state index in [1.165, 1.54) is 25.7 Å². The van der Waals surface area contributed by atoms with Crippen molar-refractivity contribution in [2.24, 2.45) is 0 Å². The van der Waals surface area contributed by atoms with E-state index >= 15 is 0 Å². The van der Waals surface area contributed by atoms with E-state index in [0.29, 0.717) is 25.4 Å². The van der Waals surface area contributed by atoms with Gasteiger partial charge < -0.3 is 19.3 Å².